The summed E-state index contributed by atoms with van der Waals surface area (Å²) in [6.45, 7) is 3.99. The molecule has 1 saturated heterocycles. The number of rotatable bonds is 2. The Kier molecular flexibility index (Phi) is 3.78. The third-order valence-electron chi connectivity index (χ3n) is 3.18. The van der Waals surface area contributed by atoms with Crippen LogP contribution in [0.4, 0.5) is 5.82 Å². The van der Waals surface area contributed by atoms with Crippen LogP contribution in [-0.2, 0) is 0 Å². The Hall–Kier alpha value is -1.09. The van der Waals surface area contributed by atoms with E-state index in [0.717, 1.165) is 24.5 Å². The molecule has 1 aliphatic heterocycles. The lowest BCUT2D eigenvalue weighted by Crippen LogP contribution is -2.24. The van der Waals surface area contributed by atoms with E-state index in [-0.39, 0.29) is 0 Å². The molecule has 1 aromatic heterocycles. The molecular weight excluding hydrogens is 200 g/mol. The van der Waals surface area contributed by atoms with Crippen molar-refractivity contribution < 1.29 is 5.11 Å². The standard InChI is InChI=1S/C13H20N2O/c1-11(16)12-6-7-13(14-10-12)15-8-4-2-3-5-9-15/h6-7,10-11,16H,2-5,8-9H2,1H3/t11-/m1/s1. The molecule has 1 aromatic rings. The summed E-state index contributed by atoms with van der Waals surface area (Å²) in [5.74, 6) is 1.05. The smallest absolute Gasteiger partial charge is 0.128 e. The summed E-state index contributed by atoms with van der Waals surface area (Å²) >= 11 is 0. The van der Waals surface area contributed by atoms with Crippen molar-refractivity contribution in [3.63, 3.8) is 0 Å². The minimum Gasteiger partial charge on any atom is -0.389 e. The van der Waals surface area contributed by atoms with E-state index >= 15 is 0 Å². The first-order valence-electron chi connectivity index (χ1n) is 6.16. The van der Waals surface area contributed by atoms with Crippen molar-refractivity contribution in [3.05, 3.63) is 23.9 Å². The van der Waals surface area contributed by atoms with E-state index < -0.39 is 6.10 Å². The number of anilines is 1. The highest BCUT2D eigenvalue weighted by molar-refractivity contribution is 5.39. The highest BCUT2D eigenvalue weighted by atomic mass is 16.3. The van der Waals surface area contributed by atoms with Crippen molar-refractivity contribution >= 4 is 5.82 Å². The van der Waals surface area contributed by atoms with E-state index in [0.29, 0.717) is 0 Å². The predicted octanol–water partition coefficient (Wildman–Crippen LogP) is 2.52. The van der Waals surface area contributed by atoms with E-state index in [1.165, 1.54) is 25.7 Å². The predicted molar refractivity (Wildman–Crippen MR) is 65.6 cm³/mol. The lowest BCUT2D eigenvalue weighted by molar-refractivity contribution is 0.199. The SMILES string of the molecule is C[C@@H](O)c1ccc(N2CCCCCC2)nc1. The Morgan fingerprint density at radius 1 is 1.19 bits per heavy atom. The quantitative estimate of drug-likeness (QED) is 0.832. The molecule has 0 unspecified atom stereocenters. The maximum atomic E-state index is 9.42. The van der Waals surface area contributed by atoms with Crippen LogP contribution in [-0.4, -0.2) is 23.2 Å². The summed E-state index contributed by atoms with van der Waals surface area (Å²) < 4.78 is 0. The van der Waals surface area contributed by atoms with E-state index in [9.17, 15) is 5.11 Å². The second kappa shape index (κ2) is 5.30. The van der Waals surface area contributed by atoms with Gasteiger partial charge in [0, 0.05) is 19.3 Å². The normalized spacial score (nSPS) is 19.2. The second-order valence-electron chi connectivity index (χ2n) is 4.53. The highest BCUT2D eigenvalue weighted by Gasteiger charge is 2.11. The first-order chi connectivity index (χ1) is 7.77. The van der Waals surface area contributed by atoms with E-state index in [2.05, 4.69) is 9.88 Å². The fourth-order valence-corrected chi connectivity index (χ4v) is 2.13. The molecule has 0 spiro atoms. The summed E-state index contributed by atoms with van der Waals surface area (Å²) in [5.41, 5.74) is 0.888. The summed E-state index contributed by atoms with van der Waals surface area (Å²) in [6.07, 6.45) is 6.56. The Morgan fingerprint density at radius 2 is 1.88 bits per heavy atom. The second-order valence-corrected chi connectivity index (χ2v) is 4.53. The molecular formula is C13H20N2O. The first-order valence-corrected chi connectivity index (χ1v) is 6.16. The van der Waals surface area contributed by atoms with E-state index in [1.807, 2.05) is 12.1 Å². The van der Waals surface area contributed by atoms with Gasteiger partial charge in [-0.05, 0) is 31.4 Å². The van der Waals surface area contributed by atoms with Crippen molar-refractivity contribution in [2.45, 2.75) is 38.7 Å². The molecule has 0 saturated carbocycles. The molecule has 3 heteroatoms. The Labute approximate surface area is 97.1 Å². The van der Waals surface area contributed by atoms with Crippen LogP contribution in [0, 0.1) is 0 Å². The van der Waals surface area contributed by atoms with Gasteiger partial charge in [-0.2, -0.15) is 0 Å². The van der Waals surface area contributed by atoms with Gasteiger partial charge in [-0.25, -0.2) is 4.98 Å². The summed E-state index contributed by atoms with van der Waals surface area (Å²) in [6, 6.07) is 3.99. The zero-order valence-corrected chi connectivity index (χ0v) is 9.89. The van der Waals surface area contributed by atoms with Gasteiger partial charge in [0.25, 0.3) is 0 Å². The molecule has 3 nitrogen and oxygen atoms in total. The number of hydrogen-bond donors (Lipinski definition) is 1. The Bertz CT molecular complexity index is 313. The Balaban J connectivity index is 2.07. The zero-order chi connectivity index (χ0) is 11.4. The third-order valence-corrected chi connectivity index (χ3v) is 3.18. The lowest BCUT2D eigenvalue weighted by atomic mass is 10.2. The molecule has 0 aliphatic carbocycles. The minimum atomic E-state index is -0.425. The number of pyridine rings is 1. The molecule has 0 aromatic carbocycles. The van der Waals surface area contributed by atoms with Gasteiger partial charge in [-0.3, -0.25) is 0 Å². The molecule has 1 fully saturated rings. The number of aliphatic hydroxyl groups excluding tert-OH is 1. The van der Waals surface area contributed by atoms with Gasteiger partial charge >= 0.3 is 0 Å². The van der Waals surface area contributed by atoms with Crippen molar-refractivity contribution in [2.75, 3.05) is 18.0 Å². The monoisotopic (exact) mass is 220 g/mol. The number of aliphatic hydroxyl groups is 1. The van der Waals surface area contributed by atoms with Crippen LogP contribution in [0.2, 0.25) is 0 Å². The molecule has 0 amide bonds. The van der Waals surface area contributed by atoms with Crippen LogP contribution in [0.15, 0.2) is 18.3 Å². The molecule has 0 radical (unpaired) electrons. The van der Waals surface area contributed by atoms with Crippen LogP contribution in [0.1, 0.15) is 44.3 Å². The average molecular weight is 220 g/mol. The first kappa shape index (κ1) is 11.4. The van der Waals surface area contributed by atoms with Crippen molar-refractivity contribution in [2.24, 2.45) is 0 Å². The molecule has 1 atom stereocenters. The number of aromatic nitrogens is 1. The number of hydrogen-bond acceptors (Lipinski definition) is 3. The van der Waals surface area contributed by atoms with Gasteiger partial charge in [0.2, 0.25) is 0 Å². The summed E-state index contributed by atoms with van der Waals surface area (Å²) in [4.78, 5) is 6.78. The molecule has 1 N–H and O–H groups in total. The fraction of sp³-hybridized carbons (Fsp3) is 0.615. The van der Waals surface area contributed by atoms with Gasteiger partial charge < -0.3 is 10.0 Å². The van der Waals surface area contributed by atoms with Gasteiger partial charge in [-0.1, -0.05) is 18.9 Å². The average Bonchev–Trinajstić information content (AvgIpc) is 2.57. The van der Waals surface area contributed by atoms with Crippen LogP contribution >= 0.6 is 0 Å². The number of nitrogens with zero attached hydrogens (tertiary/aromatic N) is 2. The van der Waals surface area contributed by atoms with Crippen LogP contribution in [0.25, 0.3) is 0 Å². The van der Waals surface area contributed by atoms with Crippen LogP contribution < -0.4 is 4.90 Å². The van der Waals surface area contributed by atoms with E-state index in [4.69, 9.17) is 0 Å². The van der Waals surface area contributed by atoms with E-state index in [1.54, 1.807) is 13.1 Å². The van der Waals surface area contributed by atoms with Gasteiger partial charge in [0.05, 0.1) is 6.10 Å². The lowest BCUT2D eigenvalue weighted by Gasteiger charge is -2.21. The third kappa shape index (κ3) is 2.73. The summed E-state index contributed by atoms with van der Waals surface area (Å²) in [5, 5.41) is 9.42. The van der Waals surface area contributed by atoms with Gasteiger partial charge in [0.15, 0.2) is 0 Å². The molecule has 1 aliphatic rings. The van der Waals surface area contributed by atoms with Gasteiger partial charge in [0.1, 0.15) is 5.82 Å². The van der Waals surface area contributed by atoms with Gasteiger partial charge in [-0.15, -0.1) is 0 Å². The molecule has 2 heterocycles. The van der Waals surface area contributed by atoms with Crippen molar-refractivity contribution in [3.8, 4) is 0 Å². The minimum absolute atomic E-state index is 0.425. The molecule has 2 rings (SSSR count). The molecule has 0 bridgehead atoms. The molecule has 88 valence electrons. The zero-order valence-electron chi connectivity index (χ0n) is 9.89. The summed E-state index contributed by atoms with van der Waals surface area (Å²) in [7, 11) is 0. The van der Waals surface area contributed by atoms with Crippen LogP contribution in [0.3, 0.4) is 0 Å². The van der Waals surface area contributed by atoms with Crippen molar-refractivity contribution in [1.82, 2.24) is 4.98 Å². The fourth-order valence-electron chi connectivity index (χ4n) is 2.13. The van der Waals surface area contributed by atoms with Crippen LogP contribution in [0.5, 0.6) is 0 Å². The topological polar surface area (TPSA) is 36.4 Å². The van der Waals surface area contributed by atoms with Crippen molar-refractivity contribution in [1.29, 1.82) is 0 Å². The maximum absolute atomic E-state index is 9.42. The maximum Gasteiger partial charge on any atom is 0.128 e. The Morgan fingerprint density at radius 3 is 2.38 bits per heavy atom. The molecule has 16 heavy (non-hydrogen) atoms. The largest absolute Gasteiger partial charge is 0.389 e. The highest BCUT2D eigenvalue weighted by Crippen LogP contribution is 2.19.